The molecule has 0 saturated heterocycles. The van der Waals surface area contributed by atoms with Crippen molar-refractivity contribution in [2.75, 3.05) is 13.1 Å². The first-order chi connectivity index (χ1) is 7.74. The molecule has 2 nitrogen and oxygen atoms in total. The molecule has 0 aromatic carbocycles. The van der Waals surface area contributed by atoms with Gasteiger partial charge in [0.15, 0.2) is 0 Å². The van der Waals surface area contributed by atoms with E-state index in [1.807, 2.05) is 0 Å². The van der Waals surface area contributed by atoms with Crippen LogP contribution in [0, 0.1) is 11.3 Å². The van der Waals surface area contributed by atoms with E-state index in [2.05, 4.69) is 12.2 Å². The zero-order valence-electron chi connectivity index (χ0n) is 10.8. The first-order valence-corrected chi connectivity index (χ1v) is 7.18. The van der Waals surface area contributed by atoms with Crippen molar-refractivity contribution in [2.24, 2.45) is 17.1 Å². The topological polar surface area (TPSA) is 38.0 Å². The minimum atomic E-state index is 0.435. The number of nitrogens with two attached hydrogens (primary N) is 1. The van der Waals surface area contributed by atoms with E-state index in [4.69, 9.17) is 5.73 Å². The highest BCUT2D eigenvalue weighted by Gasteiger charge is 2.31. The molecule has 2 unspecified atom stereocenters. The molecule has 0 amide bonds. The second-order valence-electron chi connectivity index (χ2n) is 6.26. The Morgan fingerprint density at radius 2 is 1.94 bits per heavy atom. The van der Waals surface area contributed by atoms with Crippen LogP contribution in [0.4, 0.5) is 0 Å². The molecule has 2 aliphatic carbocycles. The molecule has 94 valence electrons. The fraction of sp³-hybridized carbons (Fsp3) is 1.00. The van der Waals surface area contributed by atoms with Crippen molar-refractivity contribution in [1.82, 2.24) is 5.32 Å². The fourth-order valence-electron chi connectivity index (χ4n) is 3.51. The van der Waals surface area contributed by atoms with E-state index in [1.54, 1.807) is 0 Å². The molecule has 2 aliphatic rings. The average Bonchev–Trinajstić information content (AvgIpc) is 2.74. The monoisotopic (exact) mass is 224 g/mol. The molecular formula is C14H28N2. The zero-order chi connectivity index (χ0) is 11.4. The van der Waals surface area contributed by atoms with Crippen LogP contribution < -0.4 is 11.1 Å². The molecule has 3 N–H and O–H groups in total. The summed E-state index contributed by atoms with van der Waals surface area (Å²) in [5.41, 5.74) is 6.44. The number of rotatable bonds is 4. The lowest BCUT2D eigenvalue weighted by Crippen LogP contribution is -2.44. The summed E-state index contributed by atoms with van der Waals surface area (Å²) in [6.07, 6.45) is 11.1. The molecular weight excluding hydrogens is 196 g/mol. The highest BCUT2D eigenvalue weighted by atomic mass is 14.9. The first kappa shape index (κ1) is 12.4. The third-order valence-electron chi connectivity index (χ3n) is 4.81. The van der Waals surface area contributed by atoms with Gasteiger partial charge in [0.2, 0.25) is 0 Å². The summed E-state index contributed by atoms with van der Waals surface area (Å²) in [7, 11) is 0. The van der Waals surface area contributed by atoms with Crippen molar-refractivity contribution in [3.05, 3.63) is 0 Å². The number of hydrogen-bond donors (Lipinski definition) is 2. The summed E-state index contributed by atoms with van der Waals surface area (Å²) in [6, 6.07) is 0.778. The van der Waals surface area contributed by atoms with Crippen molar-refractivity contribution in [3.8, 4) is 0 Å². The Morgan fingerprint density at radius 3 is 2.50 bits per heavy atom. The number of hydrogen-bond acceptors (Lipinski definition) is 2. The molecule has 0 heterocycles. The Bertz CT molecular complexity index is 209. The lowest BCUT2D eigenvalue weighted by molar-refractivity contribution is 0.184. The van der Waals surface area contributed by atoms with Gasteiger partial charge in [0.1, 0.15) is 0 Å². The van der Waals surface area contributed by atoms with Gasteiger partial charge in [-0.05, 0) is 50.0 Å². The van der Waals surface area contributed by atoms with Gasteiger partial charge in [0.25, 0.3) is 0 Å². The second kappa shape index (κ2) is 5.50. The van der Waals surface area contributed by atoms with Crippen LogP contribution in [-0.2, 0) is 0 Å². The minimum absolute atomic E-state index is 0.435. The summed E-state index contributed by atoms with van der Waals surface area (Å²) in [6.45, 7) is 4.42. The highest BCUT2D eigenvalue weighted by molar-refractivity contribution is 4.88. The maximum atomic E-state index is 6.01. The van der Waals surface area contributed by atoms with Gasteiger partial charge >= 0.3 is 0 Å². The first-order valence-electron chi connectivity index (χ1n) is 7.18. The van der Waals surface area contributed by atoms with Crippen LogP contribution in [0.25, 0.3) is 0 Å². The lowest BCUT2D eigenvalue weighted by Gasteiger charge is -2.37. The predicted octanol–water partition coefficient (Wildman–Crippen LogP) is 2.67. The normalized spacial score (nSPS) is 34.1. The smallest absolute Gasteiger partial charge is 0.00699 e. The van der Waals surface area contributed by atoms with Crippen molar-refractivity contribution < 1.29 is 0 Å². The van der Waals surface area contributed by atoms with Gasteiger partial charge in [-0.25, -0.2) is 0 Å². The van der Waals surface area contributed by atoms with Gasteiger partial charge in [0.05, 0.1) is 0 Å². The molecule has 0 aromatic rings. The standard InChI is InChI=1S/C14H28N2/c1-12-5-6-13(9-12)16-11-14(10-15)7-3-2-4-8-14/h12-13,16H,2-11,15H2,1H3. The summed E-state index contributed by atoms with van der Waals surface area (Å²) in [4.78, 5) is 0. The highest BCUT2D eigenvalue weighted by Crippen LogP contribution is 2.35. The Labute approximate surface area is 100 Å². The SMILES string of the molecule is CC1CCC(NCC2(CN)CCCCC2)C1. The lowest BCUT2D eigenvalue weighted by atomic mass is 9.74. The minimum Gasteiger partial charge on any atom is -0.330 e. The molecule has 0 spiro atoms. The molecule has 16 heavy (non-hydrogen) atoms. The maximum Gasteiger partial charge on any atom is 0.00699 e. The largest absolute Gasteiger partial charge is 0.330 e. The van der Waals surface area contributed by atoms with Crippen LogP contribution in [0.1, 0.15) is 58.3 Å². The molecule has 0 bridgehead atoms. The van der Waals surface area contributed by atoms with Gasteiger partial charge in [-0.2, -0.15) is 0 Å². The van der Waals surface area contributed by atoms with Crippen LogP contribution >= 0.6 is 0 Å². The van der Waals surface area contributed by atoms with E-state index in [-0.39, 0.29) is 0 Å². The molecule has 0 aliphatic heterocycles. The zero-order valence-corrected chi connectivity index (χ0v) is 10.8. The van der Waals surface area contributed by atoms with Crippen LogP contribution in [-0.4, -0.2) is 19.1 Å². The van der Waals surface area contributed by atoms with E-state index < -0.39 is 0 Å². The predicted molar refractivity (Wildman–Crippen MR) is 69.4 cm³/mol. The Balaban J connectivity index is 1.78. The molecule has 0 aromatic heterocycles. The molecule has 2 atom stereocenters. The summed E-state index contributed by atoms with van der Waals surface area (Å²) < 4.78 is 0. The van der Waals surface area contributed by atoms with Crippen LogP contribution in [0.3, 0.4) is 0 Å². The van der Waals surface area contributed by atoms with Crippen molar-refractivity contribution >= 4 is 0 Å². The van der Waals surface area contributed by atoms with Crippen molar-refractivity contribution in [3.63, 3.8) is 0 Å². The molecule has 2 rings (SSSR count). The quantitative estimate of drug-likeness (QED) is 0.770. The molecule has 2 fully saturated rings. The van der Waals surface area contributed by atoms with Gasteiger partial charge in [-0.15, -0.1) is 0 Å². The van der Waals surface area contributed by atoms with Crippen molar-refractivity contribution in [1.29, 1.82) is 0 Å². The van der Waals surface area contributed by atoms with Gasteiger partial charge in [-0.3, -0.25) is 0 Å². The second-order valence-corrected chi connectivity index (χ2v) is 6.26. The van der Waals surface area contributed by atoms with Crippen LogP contribution in [0.5, 0.6) is 0 Å². The van der Waals surface area contributed by atoms with E-state index in [0.717, 1.165) is 18.5 Å². The van der Waals surface area contributed by atoms with E-state index in [1.165, 1.54) is 57.9 Å². The summed E-state index contributed by atoms with van der Waals surface area (Å²) in [5.74, 6) is 0.928. The third kappa shape index (κ3) is 2.98. The average molecular weight is 224 g/mol. The van der Waals surface area contributed by atoms with Crippen molar-refractivity contribution in [2.45, 2.75) is 64.3 Å². The van der Waals surface area contributed by atoms with Crippen LogP contribution in [0.15, 0.2) is 0 Å². The van der Waals surface area contributed by atoms with Crippen LogP contribution in [0.2, 0.25) is 0 Å². The Kier molecular flexibility index (Phi) is 4.26. The van der Waals surface area contributed by atoms with Gasteiger partial charge in [-0.1, -0.05) is 26.2 Å². The fourth-order valence-corrected chi connectivity index (χ4v) is 3.51. The van der Waals surface area contributed by atoms with Gasteiger partial charge < -0.3 is 11.1 Å². The molecule has 0 radical (unpaired) electrons. The van der Waals surface area contributed by atoms with Gasteiger partial charge in [0, 0.05) is 12.6 Å². The van der Waals surface area contributed by atoms with E-state index >= 15 is 0 Å². The Morgan fingerprint density at radius 1 is 1.19 bits per heavy atom. The summed E-state index contributed by atoms with van der Waals surface area (Å²) in [5, 5.41) is 3.79. The van der Waals surface area contributed by atoms with E-state index in [9.17, 15) is 0 Å². The van der Waals surface area contributed by atoms with E-state index in [0.29, 0.717) is 5.41 Å². The third-order valence-corrected chi connectivity index (χ3v) is 4.81. The molecule has 2 heteroatoms. The Hall–Kier alpha value is -0.0800. The summed E-state index contributed by atoms with van der Waals surface area (Å²) >= 11 is 0. The maximum absolute atomic E-state index is 6.01. The molecule has 2 saturated carbocycles. The number of nitrogens with one attached hydrogen (secondary N) is 1.